The Labute approximate surface area is 105 Å². The molecule has 1 fully saturated rings. The number of nitrogens with zero attached hydrogens (tertiary/aromatic N) is 1. The third-order valence-electron chi connectivity index (χ3n) is 3.22. The maximum absolute atomic E-state index is 11.4. The number of hydrogen-bond donors (Lipinski definition) is 2. The second-order valence-corrected chi connectivity index (χ2v) is 5.60. The van der Waals surface area contributed by atoms with Crippen molar-refractivity contribution in [1.82, 2.24) is 15.5 Å². The predicted molar refractivity (Wildman–Crippen MR) is 71.0 cm³/mol. The van der Waals surface area contributed by atoms with Crippen LogP contribution in [0.25, 0.3) is 0 Å². The summed E-state index contributed by atoms with van der Waals surface area (Å²) in [6.07, 6.45) is 1.25. The van der Waals surface area contributed by atoms with Gasteiger partial charge in [-0.05, 0) is 53.1 Å². The first kappa shape index (κ1) is 14.5. The highest BCUT2D eigenvalue weighted by atomic mass is 16.1. The van der Waals surface area contributed by atoms with Crippen LogP contribution >= 0.6 is 0 Å². The average molecular weight is 241 g/mol. The summed E-state index contributed by atoms with van der Waals surface area (Å²) in [5.74, 6) is 0.794. The van der Waals surface area contributed by atoms with Crippen LogP contribution in [-0.4, -0.2) is 49.1 Å². The van der Waals surface area contributed by atoms with Crippen LogP contribution in [0.4, 0.5) is 0 Å². The first-order chi connectivity index (χ1) is 7.99. The van der Waals surface area contributed by atoms with E-state index >= 15 is 0 Å². The predicted octanol–water partition coefficient (Wildman–Crippen LogP) is 0.831. The van der Waals surface area contributed by atoms with Crippen LogP contribution in [0.15, 0.2) is 0 Å². The van der Waals surface area contributed by atoms with Gasteiger partial charge in [-0.25, -0.2) is 0 Å². The van der Waals surface area contributed by atoms with Gasteiger partial charge in [-0.15, -0.1) is 0 Å². The molecule has 1 unspecified atom stereocenters. The van der Waals surface area contributed by atoms with Gasteiger partial charge in [0.05, 0.1) is 6.54 Å². The standard InChI is InChI=1S/C13H27N3O/c1-10(2)15-13(17)8-14-7-12-5-6-16(9-12)11(3)4/h10-12,14H,5-9H2,1-4H3,(H,15,17). The fourth-order valence-corrected chi connectivity index (χ4v) is 2.26. The summed E-state index contributed by atoms with van der Waals surface area (Å²) in [5, 5.41) is 6.14. The van der Waals surface area contributed by atoms with Crippen LogP contribution < -0.4 is 10.6 Å². The molecule has 0 aliphatic carbocycles. The Balaban J connectivity index is 2.10. The SMILES string of the molecule is CC(C)NC(=O)CNCC1CCN(C(C)C)C1. The Morgan fingerprint density at radius 3 is 2.59 bits per heavy atom. The summed E-state index contributed by atoms with van der Waals surface area (Å²) in [6, 6.07) is 0.872. The minimum atomic E-state index is 0.0960. The van der Waals surface area contributed by atoms with E-state index in [1.165, 1.54) is 13.0 Å². The monoisotopic (exact) mass is 241 g/mol. The maximum atomic E-state index is 11.4. The van der Waals surface area contributed by atoms with Crippen LogP contribution in [0.5, 0.6) is 0 Å². The molecule has 0 aromatic heterocycles. The minimum Gasteiger partial charge on any atom is -0.353 e. The Bertz CT molecular complexity index is 241. The zero-order valence-electron chi connectivity index (χ0n) is 11.6. The van der Waals surface area contributed by atoms with Crippen molar-refractivity contribution in [2.24, 2.45) is 5.92 Å². The van der Waals surface area contributed by atoms with E-state index in [9.17, 15) is 4.79 Å². The lowest BCUT2D eigenvalue weighted by molar-refractivity contribution is -0.120. The van der Waals surface area contributed by atoms with Gasteiger partial charge in [0.25, 0.3) is 0 Å². The third-order valence-corrected chi connectivity index (χ3v) is 3.22. The molecule has 1 saturated heterocycles. The van der Waals surface area contributed by atoms with E-state index in [0.29, 0.717) is 18.5 Å². The third kappa shape index (κ3) is 5.50. The van der Waals surface area contributed by atoms with Crippen molar-refractivity contribution in [1.29, 1.82) is 0 Å². The van der Waals surface area contributed by atoms with Gasteiger partial charge in [0.1, 0.15) is 0 Å². The van der Waals surface area contributed by atoms with Crippen LogP contribution in [-0.2, 0) is 4.79 Å². The van der Waals surface area contributed by atoms with Gasteiger partial charge in [0.15, 0.2) is 0 Å². The second-order valence-electron chi connectivity index (χ2n) is 5.60. The molecule has 0 radical (unpaired) electrons. The average Bonchev–Trinajstić information content (AvgIpc) is 2.65. The maximum Gasteiger partial charge on any atom is 0.234 e. The molecule has 4 nitrogen and oxygen atoms in total. The minimum absolute atomic E-state index is 0.0960. The molecule has 1 amide bonds. The van der Waals surface area contributed by atoms with Gasteiger partial charge in [-0.2, -0.15) is 0 Å². The summed E-state index contributed by atoms with van der Waals surface area (Å²) in [4.78, 5) is 13.9. The van der Waals surface area contributed by atoms with E-state index in [0.717, 1.165) is 13.1 Å². The first-order valence-electron chi connectivity index (χ1n) is 6.73. The van der Waals surface area contributed by atoms with E-state index in [1.54, 1.807) is 0 Å². The highest BCUT2D eigenvalue weighted by Gasteiger charge is 2.23. The Hall–Kier alpha value is -0.610. The van der Waals surface area contributed by atoms with Crippen molar-refractivity contribution in [3.8, 4) is 0 Å². The number of hydrogen-bond acceptors (Lipinski definition) is 3. The Morgan fingerprint density at radius 2 is 2.06 bits per heavy atom. The summed E-state index contributed by atoms with van der Waals surface area (Å²) >= 11 is 0. The van der Waals surface area contributed by atoms with Crippen LogP contribution in [0, 0.1) is 5.92 Å². The Kier molecular flexibility index (Phi) is 5.92. The molecule has 1 aliphatic rings. The molecular weight excluding hydrogens is 214 g/mol. The fraction of sp³-hybridized carbons (Fsp3) is 0.923. The Morgan fingerprint density at radius 1 is 1.35 bits per heavy atom. The molecule has 0 aromatic carbocycles. The topological polar surface area (TPSA) is 44.4 Å². The van der Waals surface area contributed by atoms with Gasteiger partial charge >= 0.3 is 0 Å². The van der Waals surface area contributed by atoms with E-state index in [1.807, 2.05) is 13.8 Å². The number of carbonyl (C=O) groups excluding carboxylic acids is 1. The highest BCUT2D eigenvalue weighted by Crippen LogP contribution is 2.17. The summed E-state index contributed by atoms with van der Waals surface area (Å²) in [6.45, 7) is 12.2. The molecule has 0 bridgehead atoms. The summed E-state index contributed by atoms with van der Waals surface area (Å²) < 4.78 is 0. The van der Waals surface area contributed by atoms with E-state index in [4.69, 9.17) is 0 Å². The molecule has 1 heterocycles. The lowest BCUT2D eigenvalue weighted by atomic mass is 10.1. The molecule has 4 heteroatoms. The lowest BCUT2D eigenvalue weighted by Crippen LogP contribution is -2.39. The molecule has 100 valence electrons. The van der Waals surface area contributed by atoms with Crippen LogP contribution in [0.1, 0.15) is 34.1 Å². The molecule has 0 aromatic rings. The van der Waals surface area contributed by atoms with Crippen molar-refractivity contribution in [3.05, 3.63) is 0 Å². The zero-order chi connectivity index (χ0) is 12.8. The molecule has 0 saturated carbocycles. The molecule has 17 heavy (non-hydrogen) atoms. The van der Waals surface area contributed by atoms with Crippen molar-refractivity contribution >= 4 is 5.91 Å². The quantitative estimate of drug-likeness (QED) is 0.724. The second kappa shape index (κ2) is 6.97. The normalized spacial score (nSPS) is 21.4. The first-order valence-corrected chi connectivity index (χ1v) is 6.73. The van der Waals surface area contributed by atoms with Crippen molar-refractivity contribution in [3.63, 3.8) is 0 Å². The van der Waals surface area contributed by atoms with Crippen molar-refractivity contribution in [2.75, 3.05) is 26.2 Å². The molecular formula is C13H27N3O. The molecule has 0 spiro atoms. The number of rotatable bonds is 6. The van der Waals surface area contributed by atoms with Crippen LogP contribution in [0.3, 0.4) is 0 Å². The van der Waals surface area contributed by atoms with Gasteiger partial charge in [0.2, 0.25) is 5.91 Å². The van der Waals surface area contributed by atoms with E-state index in [2.05, 4.69) is 29.4 Å². The van der Waals surface area contributed by atoms with E-state index in [-0.39, 0.29) is 11.9 Å². The fourth-order valence-electron chi connectivity index (χ4n) is 2.26. The number of amides is 1. The van der Waals surface area contributed by atoms with Crippen LogP contribution in [0.2, 0.25) is 0 Å². The smallest absolute Gasteiger partial charge is 0.234 e. The molecule has 1 atom stereocenters. The van der Waals surface area contributed by atoms with E-state index < -0.39 is 0 Å². The highest BCUT2D eigenvalue weighted by molar-refractivity contribution is 5.78. The number of likely N-dealkylation sites (tertiary alicyclic amines) is 1. The summed E-state index contributed by atoms with van der Waals surface area (Å²) in [5.41, 5.74) is 0. The van der Waals surface area contributed by atoms with Crippen molar-refractivity contribution in [2.45, 2.75) is 46.2 Å². The number of nitrogens with one attached hydrogen (secondary N) is 2. The van der Waals surface area contributed by atoms with Gasteiger partial charge in [-0.1, -0.05) is 0 Å². The number of carbonyl (C=O) groups is 1. The van der Waals surface area contributed by atoms with Gasteiger partial charge in [0, 0.05) is 18.6 Å². The zero-order valence-corrected chi connectivity index (χ0v) is 11.6. The largest absolute Gasteiger partial charge is 0.353 e. The van der Waals surface area contributed by atoms with Gasteiger partial charge < -0.3 is 15.5 Å². The van der Waals surface area contributed by atoms with Gasteiger partial charge in [-0.3, -0.25) is 4.79 Å². The summed E-state index contributed by atoms with van der Waals surface area (Å²) in [7, 11) is 0. The molecule has 1 rings (SSSR count). The van der Waals surface area contributed by atoms with Crippen molar-refractivity contribution < 1.29 is 4.79 Å². The lowest BCUT2D eigenvalue weighted by Gasteiger charge is -2.20. The molecule has 2 N–H and O–H groups in total. The molecule has 1 aliphatic heterocycles.